The lowest BCUT2D eigenvalue weighted by Crippen LogP contribution is -2.42. The summed E-state index contributed by atoms with van der Waals surface area (Å²) in [6.07, 6.45) is 8.09. The third-order valence-electron chi connectivity index (χ3n) is 6.71. The Balaban J connectivity index is 2.03. The summed E-state index contributed by atoms with van der Waals surface area (Å²) in [6, 6.07) is 12.6. The minimum atomic E-state index is -1.33. The number of nitrogens with zero attached hydrogens (tertiary/aromatic N) is 4. The molecule has 32 heavy (non-hydrogen) atoms. The van der Waals surface area contributed by atoms with Crippen LogP contribution in [-0.2, 0) is 11.0 Å². The van der Waals surface area contributed by atoms with Gasteiger partial charge in [0.1, 0.15) is 11.9 Å². The number of hydrogen-bond acceptors (Lipinski definition) is 5. The van der Waals surface area contributed by atoms with Crippen LogP contribution in [0, 0.1) is 23.7 Å². The first kappa shape index (κ1) is 23.6. The Labute approximate surface area is 191 Å². The summed E-state index contributed by atoms with van der Waals surface area (Å²) in [7, 11) is 0. The minimum absolute atomic E-state index is 0.452. The molecule has 166 valence electrons. The monoisotopic (exact) mass is 428 g/mol. The second kappa shape index (κ2) is 8.80. The van der Waals surface area contributed by atoms with E-state index in [9.17, 15) is 10.4 Å². The summed E-state index contributed by atoms with van der Waals surface area (Å²) in [5.74, 6) is 0. The molecule has 2 heterocycles. The van der Waals surface area contributed by atoms with E-state index in [1.54, 1.807) is 18.6 Å². The Hall–Kier alpha value is -3.10. The summed E-state index contributed by atoms with van der Waals surface area (Å²) in [5.41, 5.74) is 3.04. The standard InChI is InChI=1S/C27H32N4O/c1-7-26(8-2,17-28)21-10-11-23(19(3)13-21)20-9-12-24(31-14-20)27(32,25(4,5)6)22-15-29-18-30-16-22/h9-16,18,32H,7-8H2,1-6H3. The molecule has 0 spiro atoms. The number of rotatable bonds is 6. The van der Waals surface area contributed by atoms with Crippen LogP contribution in [0.3, 0.4) is 0 Å². The van der Waals surface area contributed by atoms with Gasteiger partial charge in [-0.3, -0.25) is 4.98 Å². The number of aliphatic hydroxyl groups is 1. The van der Waals surface area contributed by atoms with E-state index in [0.29, 0.717) is 11.3 Å². The van der Waals surface area contributed by atoms with Crippen LogP contribution >= 0.6 is 0 Å². The fourth-order valence-electron chi connectivity index (χ4n) is 4.38. The molecule has 2 aromatic heterocycles. The predicted molar refractivity (Wildman–Crippen MR) is 127 cm³/mol. The molecule has 0 bridgehead atoms. The topological polar surface area (TPSA) is 82.7 Å². The van der Waals surface area contributed by atoms with Crippen LogP contribution in [0.25, 0.3) is 11.1 Å². The van der Waals surface area contributed by atoms with E-state index < -0.39 is 16.4 Å². The molecule has 0 amide bonds. The van der Waals surface area contributed by atoms with Gasteiger partial charge in [0.2, 0.25) is 0 Å². The largest absolute Gasteiger partial charge is 0.378 e. The van der Waals surface area contributed by atoms with Gasteiger partial charge in [0, 0.05) is 35.1 Å². The van der Waals surface area contributed by atoms with Gasteiger partial charge in [-0.2, -0.15) is 5.26 Å². The molecule has 0 aliphatic heterocycles. The Morgan fingerprint density at radius 1 is 0.938 bits per heavy atom. The number of hydrogen-bond donors (Lipinski definition) is 1. The van der Waals surface area contributed by atoms with Gasteiger partial charge in [0.05, 0.1) is 17.2 Å². The van der Waals surface area contributed by atoms with Gasteiger partial charge in [-0.15, -0.1) is 0 Å². The van der Waals surface area contributed by atoms with Crippen molar-refractivity contribution in [3.8, 4) is 17.2 Å². The van der Waals surface area contributed by atoms with Crippen molar-refractivity contribution in [2.45, 2.75) is 65.4 Å². The number of aromatic nitrogens is 3. The number of pyridine rings is 1. The van der Waals surface area contributed by atoms with Gasteiger partial charge in [0.15, 0.2) is 0 Å². The quantitative estimate of drug-likeness (QED) is 0.544. The van der Waals surface area contributed by atoms with E-state index in [1.165, 1.54) is 6.33 Å². The molecule has 3 aromatic rings. The number of benzene rings is 1. The van der Waals surface area contributed by atoms with Gasteiger partial charge in [-0.1, -0.05) is 58.9 Å². The first-order valence-corrected chi connectivity index (χ1v) is 11.1. The molecular formula is C27H32N4O. The third-order valence-corrected chi connectivity index (χ3v) is 6.71. The average Bonchev–Trinajstić information content (AvgIpc) is 2.80. The lowest BCUT2D eigenvalue weighted by Gasteiger charge is -2.39. The summed E-state index contributed by atoms with van der Waals surface area (Å²) < 4.78 is 0. The van der Waals surface area contributed by atoms with Gasteiger partial charge in [-0.25, -0.2) is 9.97 Å². The lowest BCUT2D eigenvalue weighted by atomic mass is 9.70. The van der Waals surface area contributed by atoms with Crippen LogP contribution in [0.2, 0.25) is 0 Å². The molecule has 3 rings (SSSR count). The van der Waals surface area contributed by atoms with E-state index >= 15 is 0 Å². The van der Waals surface area contributed by atoms with E-state index in [0.717, 1.165) is 35.1 Å². The number of aryl methyl sites for hydroxylation is 1. The SMILES string of the molecule is CCC(C#N)(CC)c1ccc(-c2ccc(C(O)(c3cncnc3)C(C)(C)C)nc2)c(C)c1. The molecule has 1 atom stereocenters. The second-order valence-electron chi connectivity index (χ2n) is 9.45. The van der Waals surface area contributed by atoms with Crippen molar-refractivity contribution in [1.82, 2.24) is 15.0 Å². The first-order chi connectivity index (χ1) is 15.1. The number of nitriles is 1. The Bertz CT molecular complexity index is 1110. The van der Waals surface area contributed by atoms with Crippen molar-refractivity contribution in [3.05, 3.63) is 77.6 Å². The van der Waals surface area contributed by atoms with Gasteiger partial charge in [0.25, 0.3) is 0 Å². The van der Waals surface area contributed by atoms with Crippen molar-refractivity contribution < 1.29 is 5.11 Å². The zero-order chi connectivity index (χ0) is 23.6. The van der Waals surface area contributed by atoms with Crippen molar-refractivity contribution in [2.24, 2.45) is 5.41 Å². The fourth-order valence-corrected chi connectivity index (χ4v) is 4.38. The third kappa shape index (κ3) is 3.91. The van der Waals surface area contributed by atoms with Gasteiger partial charge >= 0.3 is 0 Å². The molecule has 1 unspecified atom stereocenters. The van der Waals surface area contributed by atoms with Crippen LogP contribution < -0.4 is 0 Å². The smallest absolute Gasteiger partial charge is 0.139 e. The summed E-state index contributed by atoms with van der Waals surface area (Å²) >= 11 is 0. The average molecular weight is 429 g/mol. The van der Waals surface area contributed by atoms with E-state index in [4.69, 9.17) is 0 Å². The Morgan fingerprint density at radius 2 is 1.59 bits per heavy atom. The molecule has 0 aliphatic rings. The maximum Gasteiger partial charge on any atom is 0.139 e. The van der Waals surface area contributed by atoms with Crippen LogP contribution in [0.5, 0.6) is 0 Å². The van der Waals surface area contributed by atoms with Crippen molar-refractivity contribution in [3.63, 3.8) is 0 Å². The maximum absolute atomic E-state index is 11.7. The van der Waals surface area contributed by atoms with E-state index in [-0.39, 0.29) is 0 Å². The highest BCUT2D eigenvalue weighted by Gasteiger charge is 2.45. The summed E-state index contributed by atoms with van der Waals surface area (Å²) in [4.78, 5) is 12.9. The summed E-state index contributed by atoms with van der Waals surface area (Å²) in [5, 5.41) is 21.5. The summed E-state index contributed by atoms with van der Waals surface area (Å²) in [6.45, 7) is 12.1. The van der Waals surface area contributed by atoms with Crippen LogP contribution in [0.1, 0.15) is 69.8 Å². The fraction of sp³-hybridized carbons (Fsp3) is 0.407. The van der Waals surface area contributed by atoms with E-state index in [1.807, 2.05) is 32.9 Å². The highest BCUT2D eigenvalue weighted by molar-refractivity contribution is 5.67. The first-order valence-electron chi connectivity index (χ1n) is 11.1. The lowest BCUT2D eigenvalue weighted by molar-refractivity contribution is -0.0301. The predicted octanol–water partition coefficient (Wildman–Crippen LogP) is 5.71. The molecule has 1 aromatic carbocycles. The molecule has 5 heteroatoms. The zero-order valence-corrected chi connectivity index (χ0v) is 19.8. The Morgan fingerprint density at radius 3 is 2.06 bits per heavy atom. The van der Waals surface area contributed by atoms with E-state index in [2.05, 4.69) is 60.0 Å². The highest BCUT2D eigenvalue weighted by Crippen LogP contribution is 2.44. The minimum Gasteiger partial charge on any atom is -0.378 e. The molecule has 0 radical (unpaired) electrons. The van der Waals surface area contributed by atoms with Crippen molar-refractivity contribution in [2.75, 3.05) is 0 Å². The van der Waals surface area contributed by atoms with Crippen LogP contribution in [0.15, 0.2) is 55.2 Å². The van der Waals surface area contributed by atoms with Gasteiger partial charge in [-0.05, 0) is 42.5 Å². The normalized spacial score (nSPS) is 13.9. The highest BCUT2D eigenvalue weighted by atomic mass is 16.3. The molecule has 0 saturated heterocycles. The molecule has 0 saturated carbocycles. The molecular weight excluding hydrogens is 396 g/mol. The zero-order valence-electron chi connectivity index (χ0n) is 19.8. The molecule has 0 aliphatic carbocycles. The molecule has 5 nitrogen and oxygen atoms in total. The maximum atomic E-state index is 11.7. The second-order valence-corrected chi connectivity index (χ2v) is 9.45. The van der Waals surface area contributed by atoms with Crippen molar-refractivity contribution >= 4 is 0 Å². The van der Waals surface area contributed by atoms with Crippen LogP contribution in [0.4, 0.5) is 0 Å². The Kier molecular flexibility index (Phi) is 6.48. The molecule has 0 fully saturated rings. The van der Waals surface area contributed by atoms with Crippen LogP contribution in [-0.4, -0.2) is 20.1 Å². The molecule has 1 N–H and O–H groups in total. The van der Waals surface area contributed by atoms with Crippen molar-refractivity contribution in [1.29, 1.82) is 5.26 Å². The van der Waals surface area contributed by atoms with Gasteiger partial charge < -0.3 is 5.11 Å².